The summed E-state index contributed by atoms with van der Waals surface area (Å²) >= 11 is 0. The van der Waals surface area contributed by atoms with Crippen LogP contribution >= 0.6 is 0 Å². The summed E-state index contributed by atoms with van der Waals surface area (Å²) in [6.45, 7) is 0.359. The Morgan fingerprint density at radius 1 is 0.810 bits per heavy atom. The maximum atomic E-state index is 12.5. The topological polar surface area (TPSA) is 9.23 Å². The molecule has 3 aromatic carbocycles. The predicted molar refractivity (Wildman–Crippen MR) is 79.7 cm³/mol. The molecule has 0 unspecified atom stereocenters. The van der Waals surface area contributed by atoms with Crippen molar-refractivity contribution in [2.45, 2.75) is 13.0 Å². The molecule has 0 spiro atoms. The molecule has 0 aromatic heterocycles. The Kier molecular flexibility index (Phi) is 3.82. The highest BCUT2D eigenvalue weighted by atomic mass is 19.3. The van der Waals surface area contributed by atoms with E-state index in [2.05, 4.69) is 0 Å². The van der Waals surface area contributed by atoms with Gasteiger partial charge in [0.2, 0.25) is 0 Å². The van der Waals surface area contributed by atoms with Crippen LogP contribution in [-0.2, 0) is 6.61 Å². The quantitative estimate of drug-likeness (QED) is 0.627. The van der Waals surface area contributed by atoms with Gasteiger partial charge in [-0.3, -0.25) is 0 Å². The van der Waals surface area contributed by atoms with Gasteiger partial charge in [-0.25, -0.2) is 8.78 Å². The summed E-state index contributed by atoms with van der Waals surface area (Å²) in [5, 5.41) is 2.16. The van der Waals surface area contributed by atoms with Crippen LogP contribution in [0.25, 0.3) is 10.8 Å². The number of fused-ring (bicyclic) bond motifs is 1. The first-order valence-electron chi connectivity index (χ1n) is 6.71. The third-order valence-electron chi connectivity index (χ3n) is 3.38. The van der Waals surface area contributed by atoms with Gasteiger partial charge in [0, 0.05) is 10.9 Å². The van der Waals surface area contributed by atoms with E-state index in [9.17, 15) is 8.78 Å². The third-order valence-corrected chi connectivity index (χ3v) is 3.38. The number of alkyl halides is 2. The average Bonchev–Trinajstić information content (AvgIpc) is 2.53. The smallest absolute Gasteiger partial charge is 0.263 e. The highest BCUT2D eigenvalue weighted by molar-refractivity contribution is 5.88. The van der Waals surface area contributed by atoms with E-state index in [1.165, 1.54) is 12.1 Å². The lowest BCUT2D eigenvalue weighted by Gasteiger charge is -2.10. The van der Waals surface area contributed by atoms with Crippen LogP contribution in [0, 0.1) is 0 Å². The summed E-state index contributed by atoms with van der Waals surface area (Å²) < 4.78 is 30.8. The average molecular weight is 284 g/mol. The molecule has 3 rings (SSSR count). The highest BCUT2D eigenvalue weighted by Gasteiger charge is 2.06. The van der Waals surface area contributed by atoms with Crippen molar-refractivity contribution in [3.8, 4) is 5.75 Å². The number of hydrogen-bond donors (Lipinski definition) is 0. The summed E-state index contributed by atoms with van der Waals surface area (Å²) in [5.74, 6) is 0.797. The van der Waals surface area contributed by atoms with Crippen LogP contribution in [0.15, 0.2) is 66.7 Å². The van der Waals surface area contributed by atoms with Crippen LogP contribution in [0.4, 0.5) is 8.78 Å². The zero-order chi connectivity index (χ0) is 14.7. The Balaban J connectivity index is 1.77. The molecule has 0 saturated carbocycles. The number of benzene rings is 3. The fraction of sp³-hybridized carbons (Fsp3) is 0.111. The summed E-state index contributed by atoms with van der Waals surface area (Å²) in [5.41, 5.74) is 0.899. The zero-order valence-electron chi connectivity index (χ0n) is 11.3. The van der Waals surface area contributed by atoms with E-state index in [-0.39, 0.29) is 5.56 Å². The van der Waals surface area contributed by atoms with Gasteiger partial charge in [-0.1, -0.05) is 60.7 Å². The molecule has 0 aliphatic rings. The van der Waals surface area contributed by atoms with E-state index in [0.717, 1.165) is 22.1 Å². The first kappa shape index (κ1) is 13.6. The SMILES string of the molecule is FC(F)c1ccc(COc2cccc3ccccc23)cc1. The minimum absolute atomic E-state index is 0.0314. The standard InChI is InChI=1S/C18H14F2O/c19-18(20)15-10-8-13(9-11-15)12-21-17-7-3-5-14-4-1-2-6-16(14)17/h1-11,18H,12H2. The molecule has 106 valence electrons. The number of ether oxygens (including phenoxy) is 1. The van der Waals surface area contributed by atoms with Gasteiger partial charge in [0.25, 0.3) is 6.43 Å². The lowest BCUT2D eigenvalue weighted by Crippen LogP contribution is -1.96. The van der Waals surface area contributed by atoms with E-state index in [0.29, 0.717) is 6.61 Å². The monoisotopic (exact) mass is 284 g/mol. The minimum Gasteiger partial charge on any atom is -0.488 e. The molecule has 3 aromatic rings. The van der Waals surface area contributed by atoms with E-state index in [4.69, 9.17) is 4.74 Å². The Morgan fingerprint density at radius 2 is 1.52 bits per heavy atom. The summed E-state index contributed by atoms with van der Waals surface area (Å²) in [7, 11) is 0. The highest BCUT2D eigenvalue weighted by Crippen LogP contribution is 2.26. The van der Waals surface area contributed by atoms with E-state index in [1.807, 2.05) is 42.5 Å². The number of rotatable bonds is 4. The van der Waals surface area contributed by atoms with E-state index >= 15 is 0 Å². The van der Waals surface area contributed by atoms with Gasteiger partial charge in [0.05, 0.1) is 0 Å². The van der Waals surface area contributed by atoms with E-state index in [1.54, 1.807) is 12.1 Å². The maximum Gasteiger partial charge on any atom is 0.263 e. The van der Waals surface area contributed by atoms with Crippen molar-refractivity contribution in [3.63, 3.8) is 0 Å². The number of halogens is 2. The molecule has 0 saturated heterocycles. The van der Waals surface area contributed by atoms with Gasteiger partial charge in [0.1, 0.15) is 12.4 Å². The Bertz CT molecular complexity index is 730. The van der Waals surface area contributed by atoms with Crippen LogP contribution in [0.5, 0.6) is 5.75 Å². The van der Waals surface area contributed by atoms with Gasteiger partial charge in [-0.05, 0) is 17.0 Å². The molecule has 0 fully saturated rings. The van der Waals surface area contributed by atoms with Crippen LogP contribution in [0.3, 0.4) is 0 Å². The molecular formula is C18H14F2O. The summed E-state index contributed by atoms with van der Waals surface area (Å²) in [6, 6.07) is 20.1. The van der Waals surface area contributed by atoms with Crippen LogP contribution in [0.2, 0.25) is 0 Å². The summed E-state index contributed by atoms with van der Waals surface area (Å²) in [4.78, 5) is 0. The number of hydrogen-bond acceptors (Lipinski definition) is 1. The lowest BCUT2D eigenvalue weighted by molar-refractivity contribution is 0.151. The molecular weight excluding hydrogens is 270 g/mol. The fourth-order valence-corrected chi connectivity index (χ4v) is 2.24. The Hall–Kier alpha value is -2.42. The second-order valence-corrected chi connectivity index (χ2v) is 4.81. The van der Waals surface area contributed by atoms with Crippen molar-refractivity contribution >= 4 is 10.8 Å². The van der Waals surface area contributed by atoms with Crippen LogP contribution in [0.1, 0.15) is 17.6 Å². The molecule has 21 heavy (non-hydrogen) atoms. The first-order valence-corrected chi connectivity index (χ1v) is 6.71. The van der Waals surface area contributed by atoms with Gasteiger partial charge in [-0.2, -0.15) is 0 Å². The predicted octanol–water partition coefficient (Wildman–Crippen LogP) is 5.36. The Morgan fingerprint density at radius 3 is 2.29 bits per heavy atom. The van der Waals surface area contributed by atoms with Gasteiger partial charge < -0.3 is 4.74 Å². The van der Waals surface area contributed by atoms with Gasteiger partial charge >= 0.3 is 0 Å². The van der Waals surface area contributed by atoms with Crippen LogP contribution in [-0.4, -0.2) is 0 Å². The van der Waals surface area contributed by atoms with Crippen molar-refractivity contribution in [1.82, 2.24) is 0 Å². The molecule has 0 aliphatic carbocycles. The largest absolute Gasteiger partial charge is 0.488 e. The maximum absolute atomic E-state index is 12.5. The molecule has 0 radical (unpaired) electrons. The molecule has 0 aliphatic heterocycles. The van der Waals surface area contributed by atoms with Crippen molar-refractivity contribution in [2.24, 2.45) is 0 Å². The molecule has 0 heterocycles. The Labute approximate surface area is 121 Å². The van der Waals surface area contributed by atoms with E-state index < -0.39 is 6.43 Å². The van der Waals surface area contributed by atoms with Crippen molar-refractivity contribution in [3.05, 3.63) is 77.9 Å². The normalized spacial score (nSPS) is 11.0. The molecule has 0 N–H and O–H groups in total. The first-order chi connectivity index (χ1) is 10.2. The fourth-order valence-electron chi connectivity index (χ4n) is 2.24. The molecule has 1 nitrogen and oxygen atoms in total. The summed E-state index contributed by atoms with van der Waals surface area (Å²) in [6.07, 6.45) is -2.43. The molecule has 0 amide bonds. The van der Waals surface area contributed by atoms with Crippen molar-refractivity contribution in [1.29, 1.82) is 0 Å². The second-order valence-electron chi connectivity index (χ2n) is 4.81. The molecule has 0 bridgehead atoms. The second kappa shape index (κ2) is 5.92. The van der Waals surface area contributed by atoms with Crippen molar-refractivity contribution in [2.75, 3.05) is 0 Å². The van der Waals surface area contributed by atoms with Crippen molar-refractivity contribution < 1.29 is 13.5 Å². The van der Waals surface area contributed by atoms with Crippen LogP contribution < -0.4 is 4.74 Å². The molecule has 0 atom stereocenters. The van der Waals surface area contributed by atoms with Gasteiger partial charge in [0.15, 0.2) is 0 Å². The molecule has 3 heteroatoms. The zero-order valence-corrected chi connectivity index (χ0v) is 11.3. The lowest BCUT2D eigenvalue weighted by atomic mass is 10.1. The third kappa shape index (κ3) is 3.02. The van der Waals surface area contributed by atoms with Gasteiger partial charge in [-0.15, -0.1) is 0 Å². The minimum atomic E-state index is -2.43.